The minimum atomic E-state index is -0.249. The number of alkyl halides is 1. The zero-order valence-corrected chi connectivity index (χ0v) is 12.1. The predicted molar refractivity (Wildman–Crippen MR) is 78.1 cm³/mol. The summed E-state index contributed by atoms with van der Waals surface area (Å²) in [4.78, 5) is 8.70. The second-order valence-corrected chi connectivity index (χ2v) is 5.13. The molecule has 1 aromatic carbocycles. The van der Waals surface area contributed by atoms with Crippen LogP contribution in [0.25, 0.3) is 16.9 Å². The first-order valence-corrected chi connectivity index (χ1v) is 6.87. The minimum Gasteiger partial charge on any atom is -0.280 e. The van der Waals surface area contributed by atoms with Crippen molar-refractivity contribution in [1.29, 1.82) is 0 Å². The van der Waals surface area contributed by atoms with Crippen molar-refractivity contribution < 1.29 is 4.39 Å². The molecule has 0 N–H and O–H groups in total. The molecule has 20 heavy (non-hydrogen) atoms. The number of aromatic nitrogens is 3. The highest BCUT2D eigenvalue weighted by molar-refractivity contribution is 6.31. The molecule has 3 aromatic rings. The summed E-state index contributed by atoms with van der Waals surface area (Å²) in [6, 6.07) is 6.57. The number of rotatable bonds is 2. The van der Waals surface area contributed by atoms with Crippen molar-refractivity contribution in [2.45, 2.75) is 12.8 Å². The van der Waals surface area contributed by atoms with Crippen LogP contribution in [0.3, 0.4) is 0 Å². The maximum Gasteiger partial charge on any atom is 0.164 e. The van der Waals surface area contributed by atoms with Crippen molar-refractivity contribution in [3.63, 3.8) is 0 Å². The highest BCUT2D eigenvalue weighted by Gasteiger charge is 2.14. The first-order valence-electron chi connectivity index (χ1n) is 5.95. The highest BCUT2D eigenvalue weighted by atomic mass is 35.5. The lowest BCUT2D eigenvalue weighted by Crippen LogP contribution is -2.01. The Morgan fingerprint density at radius 1 is 1.30 bits per heavy atom. The van der Waals surface area contributed by atoms with E-state index in [2.05, 4.69) is 9.97 Å². The molecule has 0 saturated heterocycles. The average Bonchev–Trinajstić information content (AvgIpc) is 2.79. The third-order valence-electron chi connectivity index (χ3n) is 3.05. The molecular weight excluding hydrogens is 300 g/mol. The molecule has 0 amide bonds. The SMILES string of the molecule is Cc1cc(-n2c(CCl)nc3cc(Cl)cnc32)ccc1F. The van der Waals surface area contributed by atoms with Crippen molar-refractivity contribution in [2.24, 2.45) is 0 Å². The predicted octanol–water partition coefficient (Wildman–Crippen LogP) is 4.26. The van der Waals surface area contributed by atoms with Crippen LogP contribution in [0.2, 0.25) is 5.02 Å². The van der Waals surface area contributed by atoms with Gasteiger partial charge in [0.1, 0.15) is 17.2 Å². The number of aryl methyl sites for hydroxylation is 1. The van der Waals surface area contributed by atoms with Crippen molar-refractivity contribution in [1.82, 2.24) is 14.5 Å². The number of nitrogens with zero attached hydrogens (tertiary/aromatic N) is 3. The Hall–Kier alpha value is -1.65. The molecule has 2 aromatic heterocycles. The third kappa shape index (κ3) is 2.15. The smallest absolute Gasteiger partial charge is 0.164 e. The summed E-state index contributed by atoms with van der Waals surface area (Å²) < 4.78 is 15.2. The molecule has 0 atom stereocenters. The van der Waals surface area contributed by atoms with Crippen LogP contribution in [0.4, 0.5) is 4.39 Å². The van der Waals surface area contributed by atoms with Gasteiger partial charge in [-0.3, -0.25) is 4.57 Å². The van der Waals surface area contributed by atoms with E-state index in [9.17, 15) is 4.39 Å². The molecule has 0 fully saturated rings. The molecule has 6 heteroatoms. The van der Waals surface area contributed by atoms with Crippen LogP contribution < -0.4 is 0 Å². The molecule has 0 aliphatic rings. The quantitative estimate of drug-likeness (QED) is 0.662. The lowest BCUT2D eigenvalue weighted by Gasteiger charge is -2.08. The molecule has 0 unspecified atom stereocenters. The molecule has 0 radical (unpaired) electrons. The second-order valence-electron chi connectivity index (χ2n) is 4.43. The van der Waals surface area contributed by atoms with E-state index in [1.165, 1.54) is 6.07 Å². The van der Waals surface area contributed by atoms with E-state index in [4.69, 9.17) is 23.2 Å². The van der Waals surface area contributed by atoms with Crippen LogP contribution in [0.15, 0.2) is 30.5 Å². The third-order valence-corrected chi connectivity index (χ3v) is 3.50. The van der Waals surface area contributed by atoms with Gasteiger partial charge in [-0.15, -0.1) is 11.6 Å². The van der Waals surface area contributed by atoms with Gasteiger partial charge in [0, 0.05) is 11.9 Å². The summed E-state index contributed by atoms with van der Waals surface area (Å²) >= 11 is 11.9. The lowest BCUT2D eigenvalue weighted by atomic mass is 10.2. The zero-order chi connectivity index (χ0) is 14.3. The van der Waals surface area contributed by atoms with Crippen molar-refractivity contribution in [3.05, 3.63) is 52.7 Å². The zero-order valence-electron chi connectivity index (χ0n) is 10.6. The van der Waals surface area contributed by atoms with Gasteiger partial charge < -0.3 is 0 Å². The standard InChI is InChI=1S/C14H10Cl2FN3/c1-8-4-10(2-3-11(8)17)20-13(6-15)19-12-5-9(16)7-18-14(12)20/h2-5,7H,6H2,1H3. The fraction of sp³-hybridized carbons (Fsp3) is 0.143. The average molecular weight is 310 g/mol. The number of halogens is 3. The maximum atomic E-state index is 13.4. The normalized spacial score (nSPS) is 11.2. The van der Waals surface area contributed by atoms with Crippen LogP contribution in [0.1, 0.15) is 11.4 Å². The summed E-state index contributed by atoms with van der Waals surface area (Å²) in [5.74, 6) is 0.619. The first-order chi connectivity index (χ1) is 9.60. The van der Waals surface area contributed by atoms with Gasteiger partial charge in [-0.1, -0.05) is 11.6 Å². The van der Waals surface area contributed by atoms with E-state index >= 15 is 0 Å². The Labute approximate surface area is 125 Å². The van der Waals surface area contributed by atoms with Crippen LogP contribution in [-0.2, 0) is 5.88 Å². The maximum absolute atomic E-state index is 13.4. The van der Waals surface area contributed by atoms with Gasteiger partial charge in [-0.2, -0.15) is 0 Å². The highest BCUT2D eigenvalue weighted by Crippen LogP contribution is 2.24. The number of imidazole rings is 1. The van der Waals surface area contributed by atoms with Crippen LogP contribution in [0, 0.1) is 12.7 Å². The summed E-state index contributed by atoms with van der Waals surface area (Å²) in [5, 5.41) is 0.513. The Morgan fingerprint density at radius 2 is 2.10 bits per heavy atom. The van der Waals surface area contributed by atoms with E-state index in [0.29, 0.717) is 27.6 Å². The molecule has 0 bridgehead atoms. The van der Waals surface area contributed by atoms with E-state index in [1.807, 2.05) is 4.57 Å². The Morgan fingerprint density at radius 3 is 2.80 bits per heavy atom. The van der Waals surface area contributed by atoms with Gasteiger partial charge in [0.2, 0.25) is 0 Å². The largest absolute Gasteiger partial charge is 0.280 e. The summed E-state index contributed by atoms with van der Waals surface area (Å²) in [7, 11) is 0. The number of hydrogen-bond acceptors (Lipinski definition) is 2. The van der Waals surface area contributed by atoms with Crippen molar-refractivity contribution in [3.8, 4) is 5.69 Å². The molecule has 102 valence electrons. The van der Waals surface area contributed by atoms with E-state index in [-0.39, 0.29) is 11.7 Å². The van der Waals surface area contributed by atoms with Gasteiger partial charge in [-0.25, -0.2) is 14.4 Å². The van der Waals surface area contributed by atoms with Crippen LogP contribution in [-0.4, -0.2) is 14.5 Å². The molecule has 0 spiro atoms. The first kappa shape index (κ1) is 13.3. The molecular formula is C14H10Cl2FN3. The molecule has 2 heterocycles. The van der Waals surface area contributed by atoms with E-state index < -0.39 is 0 Å². The Bertz CT molecular complexity index is 798. The topological polar surface area (TPSA) is 30.7 Å². The second kappa shape index (κ2) is 5.04. The van der Waals surface area contributed by atoms with Crippen molar-refractivity contribution in [2.75, 3.05) is 0 Å². The fourth-order valence-corrected chi connectivity index (χ4v) is 2.45. The monoisotopic (exact) mass is 309 g/mol. The number of fused-ring (bicyclic) bond motifs is 1. The minimum absolute atomic E-state index is 0.227. The number of benzene rings is 1. The molecule has 0 saturated carbocycles. The van der Waals surface area contributed by atoms with E-state index in [1.54, 1.807) is 31.3 Å². The fourth-order valence-electron chi connectivity index (χ4n) is 2.12. The van der Waals surface area contributed by atoms with E-state index in [0.717, 1.165) is 5.69 Å². The molecule has 3 rings (SSSR count). The summed E-state index contributed by atoms with van der Waals surface area (Å²) in [6.45, 7) is 1.71. The Kier molecular flexibility index (Phi) is 3.36. The summed E-state index contributed by atoms with van der Waals surface area (Å²) in [6.07, 6.45) is 1.55. The van der Waals surface area contributed by atoms with Gasteiger partial charge in [0.05, 0.1) is 10.9 Å². The lowest BCUT2D eigenvalue weighted by molar-refractivity contribution is 0.618. The van der Waals surface area contributed by atoms with Gasteiger partial charge in [-0.05, 0) is 36.8 Å². The number of pyridine rings is 1. The summed E-state index contributed by atoms with van der Waals surface area (Å²) in [5.41, 5.74) is 2.64. The van der Waals surface area contributed by atoms with Crippen molar-refractivity contribution >= 4 is 34.4 Å². The van der Waals surface area contributed by atoms with Crippen LogP contribution >= 0.6 is 23.2 Å². The molecule has 0 aliphatic carbocycles. The van der Waals surface area contributed by atoms with Gasteiger partial charge in [0.25, 0.3) is 0 Å². The van der Waals surface area contributed by atoms with Gasteiger partial charge >= 0.3 is 0 Å². The van der Waals surface area contributed by atoms with Crippen LogP contribution in [0.5, 0.6) is 0 Å². The Balaban J connectivity index is 2.30. The van der Waals surface area contributed by atoms with Gasteiger partial charge in [0.15, 0.2) is 5.65 Å². The molecule has 3 nitrogen and oxygen atoms in total. The molecule has 0 aliphatic heterocycles. The number of hydrogen-bond donors (Lipinski definition) is 0.